The highest BCUT2D eigenvalue weighted by Gasteiger charge is 2.04. The number of rotatable bonds is 2. The largest absolute Gasteiger partial charge is 0.327 e. The number of nitrogens with two attached hydrogens (primary N) is 1. The van der Waals surface area contributed by atoms with Crippen molar-refractivity contribution in [2.75, 3.05) is 6.54 Å². The second-order valence-corrected chi connectivity index (χ2v) is 3.22. The molecule has 70 valence electrons. The van der Waals surface area contributed by atoms with Crippen molar-refractivity contribution in [1.29, 1.82) is 0 Å². The number of hydrogen-bond acceptors (Lipinski definition) is 1. The topological polar surface area (TPSA) is 26.0 Å². The summed E-state index contributed by atoms with van der Waals surface area (Å²) in [6.45, 7) is 0.405. The van der Waals surface area contributed by atoms with Gasteiger partial charge in [0, 0.05) is 6.54 Å². The number of benzene rings is 1. The molecule has 4 heteroatoms. The second-order valence-electron chi connectivity index (χ2n) is 2.44. The highest BCUT2D eigenvalue weighted by atomic mass is 35.5. The predicted octanol–water partition coefficient (Wildman–Crippen LogP) is 3.10. The summed E-state index contributed by atoms with van der Waals surface area (Å²) in [7, 11) is 0. The molecule has 13 heavy (non-hydrogen) atoms. The normalized spacial score (nSPS) is 11.1. The Hall–Kier alpha value is -0.570. The van der Waals surface area contributed by atoms with Crippen molar-refractivity contribution < 1.29 is 4.39 Å². The Morgan fingerprint density at radius 1 is 1.38 bits per heavy atom. The summed E-state index contributed by atoms with van der Waals surface area (Å²) >= 11 is 11.2. The third-order valence-corrected chi connectivity index (χ3v) is 2.23. The van der Waals surface area contributed by atoms with E-state index in [9.17, 15) is 4.39 Å². The molecular formula is C9H8Cl2FN. The molecule has 0 unspecified atom stereocenters. The molecule has 1 rings (SSSR count). The summed E-state index contributed by atoms with van der Waals surface area (Å²) < 4.78 is 13.0. The van der Waals surface area contributed by atoms with Gasteiger partial charge in [-0.15, -0.1) is 0 Å². The minimum atomic E-state index is -0.522. The highest BCUT2D eigenvalue weighted by molar-refractivity contribution is 6.42. The molecule has 1 aromatic rings. The van der Waals surface area contributed by atoms with Crippen LogP contribution >= 0.6 is 23.2 Å². The zero-order chi connectivity index (χ0) is 9.84. The molecule has 0 aliphatic rings. The Labute approximate surface area is 85.9 Å². The first-order valence-electron chi connectivity index (χ1n) is 3.66. The average Bonchev–Trinajstić information content (AvgIpc) is 2.10. The second kappa shape index (κ2) is 4.61. The summed E-state index contributed by atoms with van der Waals surface area (Å²) in [4.78, 5) is 0. The van der Waals surface area contributed by atoms with E-state index in [4.69, 9.17) is 28.9 Å². The van der Waals surface area contributed by atoms with E-state index in [1.54, 1.807) is 18.2 Å². The summed E-state index contributed by atoms with van der Waals surface area (Å²) in [6.07, 6.45) is 3.39. The molecule has 0 aromatic heterocycles. The van der Waals surface area contributed by atoms with Gasteiger partial charge in [0.15, 0.2) is 0 Å². The maximum atomic E-state index is 13.0. The van der Waals surface area contributed by atoms with E-state index in [1.165, 1.54) is 6.07 Å². The van der Waals surface area contributed by atoms with E-state index in [1.807, 2.05) is 0 Å². The van der Waals surface area contributed by atoms with E-state index in [0.29, 0.717) is 12.1 Å². The smallest absolute Gasteiger partial charge is 0.143 e. The lowest BCUT2D eigenvalue weighted by Crippen LogP contribution is -1.92. The average molecular weight is 220 g/mol. The van der Waals surface area contributed by atoms with Gasteiger partial charge in [-0.2, -0.15) is 0 Å². The Kier molecular flexibility index (Phi) is 3.72. The molecule has 1 aromatic carbocycles. The molecule has 0 spiro atoms. The Morgan fingerprint density at radius 3 is 2.62 bits per heavy atom. The van der Waals surface area contributed by atoms with E-state index in [0.717, 1.165) is 0 Å². The van der Waals surface area contributed by atoms with Crippen LogP contribution in [-0.4, -0.2) is 6.54 Å². The van der Waals surface area contributed by atoms with Gasteiger partial charge in [-0.3, -0.25) is 0 Å². The van der Waals surface area contributed by atoms with Crippen molar-refractivity contribution in [2.24, 2.45) is 5.73 Å². The van der Waals surface area contributed by atoms with Gasteiger partial charge in [-0.1, -0.05) is 35.4 Å². The van der Waals surface area contributed by atoms with Gasteiger partial charge in [0.05, 0.1) is 10.0 Å². The quantitative estimate of drug-likeness (QED) is 0.761. The van der Waals surface area contributed by atoms with Crippen LogP contribution in [0.5, 0.6) is 0 Å². The van der Waals surface area contributed by atoms with Gasteiger partial charge >= 0.3 is 0 Å². The van der Waals surface area contributed by atoms with Gasteiger partial charge in [0.25, 0.3) is 0 Å². The van der Waals surface area contributed by atoms with Crippen molar-refractivity contribution in [3.63, 3.8) is 0 Å². The van der Waals surface area contributed by atoms with Gasteiger partial charge in [0.2, 0.25) is 0 Å². The molecule has 0 radical (unpaired) electrons. The first kappa shape index (κ1) is 10.5. The summed E-state index contributed by atoms with van der Waals surface area (Å²) in [5.74, 6) is -0.522. The number of halogens is 3. The van der Waals surface area contributed by atoms with Gasteiger partial charge in [-0.25, -0.2) is 4.39 Å². The molecule has 0 heterocycles. The van der Waals surface area contributed by atoms with Crippen molar-refractivity contribution >= 4 is 29.3 Å². The van der Waals surface area contributed by atoms with E-state index in [2.05, 4.69) is 0 Å². The third kappa shape index (κ3) is 2.69. The van der Waals surface area contributed by atoms with E-state index < -0.39 is 5.82 Å². The Morgan fingerprint density at radius 2 is 2.08 bits per heavy atom. The van der Waals surface area contributed by atoms with Crippen LogP contribution in [0.1, 0.15) is 5.56 Å². The molecule has 0 atom stereocenters. The van der Waals surface area contributed by atoms with Crippen LogP contribution in [0.4, 0.5) is 4.39 Å². The van der Waals surface area contributed by atoms with Crippen LogP contribution in [0.15, 0.2) is 18.2 Å². The molecule has 2 N–H and O–H groups in total. The molecule has 0 saturated heterocycles. The van der Waals surface area contributed by atoms with Crippen LogP contribution in [0.25, 0.3) is 6.08 Å². The van der Waals surface area contributed by atoms with Crippen molar-refractivity contribution in [2.45, 2.75) is 0 Å². The van der Waals surface area contributed by atoms with Crippen LogP contribution in [0, 0.1) is 5.82 Å². The predicted molar refractivity (Wildman–Crippen MR) is 54.5 cm³/mol. The van der Waals surface area contributed by atoms with Crippen molar-refractivity contribution in [1.82, 2.24) is 0 Å². The van der Waals surface area contributed by atoms with Gasteiger partial charge in [-0.05, 0) is 17.7 Å². The minimum absolute atomic E-state index is 0.0495. The lowest BCUT2D eigenvalue weighted by Gasteiger charge is -1.99. The molecule has 0 saturated carbocycles. The monoisotopic (exact) mass is 219 g/mol. The third-order valence-electron chi connectivity index (χ3n) is 1.45. The maximum Gasteiger partial charge on any atom is 0.143 e. The molecule has 0 bridgehead atoms. The molecule has 1 nitrogen and oxygen atoms in total. The van der Waals surface area contributed by atoms with Crippen LogP contribution in [0.3, 0.4) is 0 Å². The zero-order valence-electron chi connectivity index (χ0n) is 6.73. The molecule has 0 aliphatic carbocycles. The zero-order valence-corrected chi connectivity index (χ0v) is 8.24. The molecule has 0 amide bonds. The Balaban J connectivity index is 3.06. The fourth-order valence-corrected chi connectivity index (χ4v) is 1.20. The molecule has 0 aliphatic heterocycles. The number of hydrogen-bond donors (Lipinski definition) is 1. The summed E-state index contributed by atoms with van der Waals surface area (Å²) in [6, 6.07) is 2.89. The van der Waals surface area contributed by atoms with Crippen LogP contribution in [0.2, 0.25) is 10.0 Å². The van der Waals surface area contributed by atoms with Crippen LogP contribution in [-0.2, 0) is 0 Å². The first-order valence-corrected chi connectivity index (χ1v) is 4.42. The van der Waals surface area contributed by atoms with E-state index in [-0.39, 0.29) is 10.0 Å². The molecular weight excluding hydrogens is 212 g/mol. The van der Waals surface area contributed by atoms with Gasteiger partial charge < -0.3 is 5.73 Å². The highest BCUT2D eigenvalue weighted by Crippen LogP contribution is 2.26. The first-order chi connectivity index (χ1) is 6.15. The maximum absolute atomic E-state index is 13.0. The standard InChI is InChI=1S/C9H8Cl2FN/c10-7-4-6(2-1-3-13)5-8(12)9(7)11/h1-2,4-5H,3,13H2. The SMILES string of the molecule is NCC=Cc1cc(F)c(Cl)c(Cl)c1. The van der Waals surface area contributed by atoms with Crippen molar-refractivity contribution in [3.8, 4) is 0 Å². The fourth-order valence-electron chi connectivity index (χ4n) is 0.875. The minimum Gasteiger partial charge on any atom is -0.327 e. The lowest BCUT2D eigenvalue weighted by atomic mass is 10.2. The summed E-state index contributed by atoms with van der Waals surface area (Å²) in [5.41, 5.74) is 5.89. The summed E-state index contributed by atoms with van der Waals surface area (Å²) in [5, 5.41) is 0.157. The van der Waals surface area contributed by atoms with Crippen molar-refractivity contribution in [3.05, 3.63) is 39.6 Å². The Bertz CT molecular complexity index is 313. The van der Waals surface area contributed by atoms with Crippen LogP contribution < -0.4 is 5.73 Å². The fraction of sp³-hybridized carbons (Fsp3) is 0.111. The van der Waals surface area contributed by atoms with E-state index >= 15 is 0 Å². The lowest BCUT2D eigenvalue weighted by molar-refractivity contribution is 0.628. The molecule has 0 fully saturated rings. The van der Waals surface area contributed by atoms with Gasteiger partial charge in [0.1, 0.15) is 5.82 Å².